The number of aryl methyl sites for hydroxylation is 1. The molecular weight excluding hydrogens is 320 g/mol. The van der Waals surface area contributed by atoms with Gasteiger partial charge in [-0.2, -0.15) is 0 Å². The van der Waals surface area contributed by atoms with Crippen molar-refractivity contribution in [1.29, 1.82) is 0 Å². The van der Waals surface area contributed by atoms with Crippen LogP contribution < -0.4 is 10.2 Å². The fourth-order valence-corrected chi connectivity index (χ4v) is 3.66. The molecule has 24 heavy (non-hydrogen) atoms. The Bertz CT molecular complexity index is 677. The molecule has 1 aliphatic heterocycles. The standard InChI is InChI=1S/C18H24N4OS/c1-14(24-18-19-10-13-21(18)2)17(23)20-15-6-8-16(9-7-15)22-11-4-3-5-12-22/h6-10,13-14H,3-5,11-12H2,1-2H3,(H,20,23)/t14-/m1/s1. The van der Waals surface area contributed by atoms with Gasteiger partial charge in [0.1, 0.15) is 0 Å². The summed E-state index contributed by atoms with van der Waals surface area (Å²) < 4.78 is 1.92. The Hall–Kier alpha value is -1.95. The zero-order valence-electron chi connectivity index (χ0n) is 14.2. The lowest BCUT2D eigenvalue weighted by molar-refractivity contribution is -0.115. The molecule has 0 saturated carbocycles. The van der Waals surface area contributed by atoms with Gasteiger partial charge in [-0.15, -0.1) is 0 Å². The molecule has 2 heterocycles. The van der Waals surface area contributed by atoms with Crippen LogP contribution in [0.15, 0.2) is 41.8 Å². The van der Waals surface area contributed by atoms with Crippen molar-refractivity contribution in [2.24, 2.45) is 7.05 Å². The minimum Gasteiger partial charge on any atom is -0.372 e. The Morgan fingerprint density at radius 1 is 1.21 bits per heavy atom. The van der Waals surface area contributed by atoms with Crippen LogP contribution >= 0.6 is 11.8 Å². The lowest BCUT2D eigenvalue weighted by Crippen LogP contribution is -2.29. The van der Waals surface area contributed by atoms with E-state index in [1.165, 1.54) is 36.7 Å². The number of anilines is 2. The van der Waals surface area contributed by atoms with Crippen molar-refractivity contribution in [1.82, 2.24) is 9.55 Å². The molecule has 6 heteroatoms. The summed E-state index contributed by atoms with van der Waals surface area (Å²) in [6.07, 6.45) is 7.48. The summed E-state index contributed by atoms with van der Waals surface area (Å²) >= 11 is 1.46. The maximum atomic E-state index is 12.4. The third-order valence-electron chi connectivity index (χ3n) is 4.28. The van der Waals surface area contributed by atoms with Crippen molar-refractivity contribution in [3.8, 4) is 0 Å². The third kappa shape index (κ3) is 4.12. The molecule has 1 aliphatic rings. The van der Waals surface area contributed by atoms with Crippen LogP contribution in [0.25, 0.3) is 0 Å². The van der Waals surface area contributed by atoms with E-state index in [0.29, 0.717) is 0 Å². The molecule has 1 saturated heterocycles. The molecular formula is C18H24N4OS. The first-order valence-electron chi connectivity index (χ1n) is 8.43. The van der Waals surface area contributed by atoms with Crippen LogP contribution in [0.2, 0.25) is 0 Å². The summed E-state index contributed by atoms with van der Waals surface area (Å²) in [5.41, 5.74) is 2.08. The van der Waals surface area contributed by atoms with Crippen molar-refractivity contribution >= 4 is 29.0 Å². The quantitative estimate of drug-likeness (QED) is 0.843. The summed E-state index contributed by atoms with van der Waals surface area (Å²) in [5, 5.41) is 3.63. The smallest absolute Gasteiger partial charge is 0.237 e. The number of thioether (sulfide) groups is 1. The van der Waals surface area contributed by atoms with E-state index in [1.807, 2.05) is 36.9 Å². The van der Waals surface area contributed by atoms with Crippen LogP contribution in [0, 0.1) is 0 Å². The molecule has 0 aliphatic carbocycles. The first-order chi connectivity index (χ1) is 11.6. The number of carbonyl (C=O) groups is 1. The maximum absolute atomic E-state index is 12.4. The van der Waals surface area contributed by atoms with Gasteiger partial charge in [0.15, 0.2) is 5.16 Å². The molecule has 1 amide bonds. The van der Waals surface area contributed by atoms with E-state index >= 15 is 0 Å². The summed E-state index contributed by atoms with van der Waals surface area (Å²) in [7, 11) is 1.93. The number of imidazole rings is 1. The molecule has 0 bridgehead atoms. The summed E-state index contributed by atoms with van der Waals surface area (Å²) in [4.78, 5) is 19.0. The molecule has 5 nitrogen and oxygen atoms in total. The predicted octanol–water partition coefficient (Wildman–Crippen LogP) is 3.53. The summed E-state index contributed by atoms with van der Waals surface area (Å²) in [6.45, 7) is 4.16. The largest absolute Gasteiger partial charge is 0.372 e. The number of rotatable bonds is 5. The number of nitrogens with zero attached hydrogens (tertiary/aromatic N) is 3. The fraction of sp³-hybridized carbons (Fsp3) is 0.444. The van der Waals surface area contributed by atoms with Crippen LogP contribution in [0.3, 0.4) is 0 Å². The molecule has 1 N–H and O–H groups in total. The Morgan fingerprint density at radius 3 is 2.54 bits per heavy atom. The van der Waals surface area contributed by atoms with E-state index in [-0.39, 0.29) is 11.2 Å². The van der Waals surface area contributed by atoms with Gasteiger partial charge in [0.05, 0.1) is 5.25 Å². The van der Waals surface area contributed by atoms with Gasteiger partial charge < -0.3 is 14.8 Å². The number of hydrogen-bond donors (Lipinski definition) is 1. The number of carbonyl (C=O) groups excluding carboxylic acids is 1. The van der Waals surface area contributed by atoms with Crippen LogP contribution in [-0.4, -0.2) is 33.8 Å². The van der Waals surface area contributed by atoms with E-state index < -0.39 is 0 Å². The first kappa shape index (κ1) is 16.9. The van der Waals surface area contributed by atoms with Crippen LogP contribution in [0.1, 0.15) is 26.2 Å². The Morgan fingerprint density at radius 2 is 1.92 bits per heavy atom. The van der Waals surface area contributed by atoms with Crippen LogP contribution in [0.5, 0.6) is 0 Å². The highest BCUT2D eigenvalue weighted by molar-refractivity contribution is 8.00. The van der Waals surface area contributed by atoms with Crippen molar-refractivity contribution in [2.45, 2.75) is 36.6 Å². The maximum Gasteiger partial charge on any atom is 0.237 e. The average Bonchev–Trinajstić information content (AvgIpc) is 3.01. The molecule has 1 aromatic heterocycles. The van der Waals surface area contributed by atoms with Gasteiger partial charge in [-0.1, -0.05) is 11.8 Å². The van der Waals surface area contributed by atoms with Gasteiger partial charge in [0.2, 0.25) is 5.91 Å². The van der Waals surface area contributed by atoms with E-state index in [1.54, 1.807) is 6.20 Å². The molecule has 1 fully saturated rings. The number of amides is 1. The molecule has 128 valence electrons. The SMILES string of the molecule is C[C@@H](Sc1nccn1C)C(=O)Nc1ccc(N2CCCCC2)cc1. The summed E-state index contributed by atoms with van der Waals surface area (Å²) in [6, 6.07) is 8.16. The zero-order valence-corrected chi connectivity index (χ0v) is 15.1. The highest BCUT2D eigenvalue weighted by atomic mass is 32.2. The van der Waals surface area contributed by atoms with Gasteiger partial charge in [0, 0.05) is 43.9 Å². The molecule has 2 aromatic rings. The second kappa shape index (κ2) is 7.75. The minimum absolute atomic E-state index is 0.00581. The Labute approximate surface area is 147 Å². The van der Waals surface area contributed by atoms with Gasteiger partial charge in [-0.05, 0) is 50.5 Å². The van der Waals surface area contributed by atoms with Crippen molar-refractivity contribution in [3.63, 3.8) is 0 Å². The van der Waals surface area contributed by atoms with Crippen molar-refractivity contribution in [3.05, 3.63) is 36.7 Å². The second-order valence-corrected chi connectivity index (χ2v) is 7.47. The number of hydrogen-bond acceptors (Lipinski definition) is 4. The number of aromatic nitrogens is 2. The van der Waals surface area contributed by atoms with Gasteiger partial charge in [-0.25, -0.2) is 4.98 Å². The number of piperidine rings is 1. The number of nitrogens with one attached hydrogen (secondary N) is 1. The van der Waals surface area contributed by atoms with Crippen molar-refractivity contribution < 1.29 is 4.79 Å². The van der Waals surface area contributed by atoms with E-state index in [0.717, 1.165) is 23.9 Å². The van der Waals surface area contributed by atoms with Gasteiger partial charge >= 0.3 is 0 Å². The van der Waals surface area contributed by atoms with E-state index in [2.05, 4.69) is 27.3 Å². The highest BCUT2D eigenvalue weighted by Gasteiger charge is 2.17. The number of benzene rings is 1. The summed E-state index contributed by atoms with van der Waals surface area (Å²) in [5.74, 6) is -0.00581. The lowest BCUT2D eigenvalue weighted by Gasteiger charge is -2.28. The highest BCUT2D eigenvalue weighted by Crippen LogP contribution is 2.24. The molecule has 0 unspecified atom stereocenters. The topological polar surface area (TPSA) is 50.2 Å². The van der Waals surface area contributed by atoms with Crippen molar-refractivity contribution in [2.75, 3.05) is 23.3 Å². The average molecular weight is 344 g/mol. The monoisotopic (exact) mass is 344 g/mol. The lowest BCUT2D eigenvalue weighted by atomic mass is 10.1. The zero-order chi connectivity index (χ0) is 16.9. The van der Waals surface area contributed by atoms with Gasteiger partial charge in [0.25, 0.3) is 0 Å². The molecule has 1 aromatic carbocycles. The van der Waals surface area contributed by atoms with E-state index in [4.69, 9.17) is 0 Å². The molecule has 3 rings (SSSR count). The Balaban J connectivity index is 1.56. The Kier molecular flexibility index (Phi) is 5.45. The van der Waals surface area contributed by atoms with Crippen LogP contribution in [0.4, 0.5) is 11.4 Å². The van der Waals surface area contributed by atoms with Crippen LogP contribution in [-0.2, 0) is 11.8 Å². The van der Waals surface area contributed by atoms with E-state index in [9.17, 15) is 4.79 Å². The first-order valence-corrected chi connectivity index (χ1v) is 9.31. The van der Waals surface area contributed by atoms with Gasteiger partial charge in [-0.3, -0.25) is 4.79 Å². The fourth-order valence-electron chi connectivity index (χ4n) is 2.83. The third-order valence-corrected chi connectivity index (χ3v) is 5.46. The molecule has 1 atom stereocenters. The minimum atomic E-state index is -0.201. The normalized spacial score (nSPS) is 16.0. The molecule has 0 spiro atoms. The predicted molar refractivity (Wildman–Crippen MR) is 99.7 cm³/mol. The second-order valence-electron chi connectivity index (χ2n) is 6.16. The molecule has 0 radical (unpaired) electrons.